The lowest BCUT2D eigenvalue weighted by molar-refractivity contribution is -0.272. The first-order valence-electron chi connectivity index (χ1n) is 4.93. The number of carbonyl (C=O) groups is 1. The monoisotopic (exact) mass is 385 g/mol. The molecule has 1 aromatic rings. The summed E-state index contributed by atoms with van der Waals surface area (Å²) in [4.78, 5) is 11.1. The maximum absolute atomic E-state index is 13.3. The van der Waals surface area contributed by atoms with Crippen molar-refractivity contribution >= 4 is 27.5 Å². The van der Waals surface area contributed by atoms with E-state index in [0.29, 0.717) is 6.07 Å². The van der Waals surface area contributed by atoms with E-state index < -0.39 is 46.0 Å². The highest BCUT2D eigenvalue weighted by Gasteiger charge is 2.61. The third kappa shape index (κ3) is 4.29. The first kappa shape index (κ1) is 17.7. The van der Waals surface area contributed by atoms with Crippen LogP contribution in [-0.4, -0.2) is 18.3 Å². The molecular formula is C10H4BrF8NO. The number of carbonyl (C=O) groups excluding carboxylic acids is 1. The Morgan fingerprint density at radius 1 is 1.00 bits per heavy atom. The van der Waals surface area contributed by atoms with Crippen LogP contribution in [0.15, 0.2) is 16.6 Å². The Morgan fingerprint density at radius 3 is 1.90 bits per heavy atom. The molecule has 2 nitrogen and oxygen atoms in total. The lowest BCUT2D eigenvalue weighted by Gasteiger charge is -2.22. The van der Waals surface area contributed by atoms with Crippen molar-refractivity contribution in [2.45, 2.75) is 12.4 Å². The molecule has 0 aliphatic heterocycles. The number of alkyl halides is 6. The maximum Gasteiger partial charge on any atom is 0.409 e. The predicted octanol–water partition coefficient (Wildman–Crippen LogP) is 4.41. The second-order valence-electron chi connectivity index (χ2n) is 3.75. The van der Waals surface area contributed by atoms with Crippen LogP contribution in [0.1, 0.15) is 0 Å². The largest absolute Gasteiger partial charge is 0.409 e. The number of hydrogen-bond acceptors (Lipinski definition) is 1. The van der Waals surface area contributed by atoms with Gasteiger partial charge in [-0.3, -0.25) is 4.79 Å². The highest BCUT2D eigenvalue weighted by molar-refractivity contribution is 9.10. The van der Waals surface area contributed by atoms with Gasteiger partial charge in [-0.25, -0.2) is 8.78 Å². The average Bonchev–Trinajstić information content (AvgIpc) is 2.21. The van der Waals surface area contributed by atoms with Crippen LogP contribution in [-0.2, 0) is 4.79 Å². The topological polar surface area (TPSA) is 29.1 Å². The van der Waals surface area contributed by atoms with Crippen molar-refractivity contribution in [2.24, 2.45) is 5.92 Å². The summed E-state index contributed by atoms with van der Waals surface area (Å²) < 4.78 is 99.5. The number of halogens is 9. The van der Waals surface area contributed by atoms with Gasteiger partial charge in [0.05, 0.1) is 10.2 Å². The molecule has 0 spiro atoms. The Kier molecular flexibility index (Phi) is 4.86. The van der Waals surface area contributed by atoms with E-state index in [9.17, 15) is 39.9 Å². The minimum Gasteiger partial charge on any atom is -0.323 e. The third-order valence-electron chi connectivity index (χ3n) is 2.18. The van der Waals surface area contributed by atoms with E-state index in [-0.39, 0.29) is 6.07 Å². The number of benzene rings is 1. The molecule has 1 N–H and O–H groups in total. The van der Waals surface area contributed by atoms with Crippen molar-refractivity contribution in [1.29, 1.82) is 0 Å². The predicted molar refractivity (Wildman–Crippen MR) is 58.3 cm³/mol. The summed E-state index contributed by atoms with van der Waals surface area (Å²) in [5.74, 6) is -9.49. The van der Waals surface area contributed by atoms with E-state index >= 15 is 0 Å². The number of hydrogen-bond donors (Lipinski definition) is 1. The molecule has 0 aliphatic carbocycles. The fourth-order valence-corrected chi connectivity index (χ4v) is 1.62. The third-order valence-corrected chi connectivity index (χ3v) is 2.79. The summed E-state index contributed by atoms with van der Waals surface area (Å²) in [6.07, 6.45) is -11.8. The molecule has 11 heteroatoms. The van der Waals surface area contributed by atoms with E-state index in [0.717, 1.165) is 5.32 Å². The van der Waals surface area contributed by atoms with Crippen molar-refractivity contribution in [1.82, 2.24) is 0 Å². The second kappa shape index (κ2) is 5.78. The van der Waals surface area contributed by atoms with Crippen LogP contribution < -0.4 is 5.32 Å². The molecule has 21 heavy (non-hydrogen) atoms. The molecular weight excluding hydrogens is 382 g/mol. The summed E-state index contributed by atoms with van der Waals surface area (Å²) >= 11 is 2.55. The Labute approximate surface area is 120 Å². The van der Waals surface area contributed by atoms with Gasteiger partial charge in [0.2, 0.25) is 11.8 Å². The highest BCUT2D eigenvalue weighted by atomic mass is 79.9. The van der Waals surface area contributed by atoms with Crippen molar-refractivity contribution in [3.63, 3.8) is 0 Å². The fourth-order valence-electron chi connectivity index (χ4n) is 1.31. The molecule has 0 aliphatic rings. The lowest BCUT2D eigenvalue weighted by atomic mass is 10.1. The minimum absolute atomic E-state index is 0.251. The standard InChI is InChI=1S/C10H4BrF8NO/c11-3-1-5(13)6(2-4(3)12)20-8(21)7(9(14,15)16)10(17,18)19/h1-2,7H,(H,20,21). The van der Waals surface area contributed by atoms with Gasteiger partial charge in [0.25, 0.3) is 0 Å². The quantitative estimate of drug-likeness (QED) is 0.593. The highest BCUT2D eigenvalue weighted by Crippen LogP contribution is 2.40. The van der Waals surface area contributed by atoms with Crippen LogP contribution in [0.3, 0.4) is 0 Å². The van der Waals surface area contributed by atoms with Crippen LogP contribution in [0.25, 0.3) is 0 Å². The van der Waals surface area contributed by atoms with E-state index in [1.807, 2.05) is 0 Å². The molecule has 0 unspecified atom stereocenters. The van der Waals surface area contributed by atoms with Crippen LogP contribution >= 0.6 is 15.9 Å². The van der Waals surface area contributed by atoms with Crippen LogP contribution in [0.4, 0.5) is 40.8 Å². The fraction of sp³-hybridized carbons (Fsp3) is 0.300. The van der Waals surface area contributed by atoms with Gasteiger partial charge in [-0.05, 0) is 22.0 Å². The van der Waals surface area contributed by atoms with Crippen LogP contribution in [0.2, 0.25) is 0 Å². The summed E-state index contributed by atoms with van der Waals surface area (Å²) in [6, 6.07) is 0.697. The number of amides is 1. The molecule has 0 bridgehead atoms. The smallest absolute Gasteiger partial charge is 0.323 e. The minimum atomic E-state index is -5.92. The molecule has 0 atom stereocenters. The Hall–Kier alpha value is -1.39. The average molecular weight is 386 g/mol. The Morgan fingerprint density at radius 2 is 1.48 bits per heavy atom. The van der Waals surface area contributed by atoms with Crippen molar-refractivity contribution in [2.75, 3.05) is 5.32 Å². The lowest BCUT2D eigenvalue weighted by Crippen LogP contribution is -2.45. The number of anilines is 1. The van der Waals surface area contributed by atoms with Crippen LogP contribution in [0.5, 0.6) is 0 Å². The molecule has 1 amide bonds. The van der Waals surface area contributed by atoms with Gasteiger partial charge in [-0.1, -0.05) is 0 Å². The van der Waals surface area contributed by atoms with Crippen molar-refractivity contribution in [3.8, 4) is 0 Å². The zero-order chi connectivity index (χ0) is 16.6. The summed E-state index contributed by atoms with van der Waals surface area (Å²) in [6.45, 7) is 0. The molecule has 0 aromatic heterocycles. The van der Waals surface area contributed by atoms with Crippen molar-refractivity contribution < 1.29 is 39.9 Å². The van der Waals surface area contributed by atoms with Gasteiger partial charge >= 0.3 is 12.4 Å². The normalized spacial score (nSPS) is 12.7. The second-order valence-corrected chi connectivity index (χ2v) is 4.61. The van der Waals surface area contributed by atoms with E-state index in [4.69, 9.17) is 0 Å². The van der Waals surface area contributed by atoms with Crippen LogP contribution in [0, 0.1) is 17.6 Å². The SMILES string of the molecule is O=C(Nc1cc(F)c(Br)cc1F)C(C(F)(F)F)C(F)(F)F. The number of rotatable bonds is 2. The van der Waals surface area contributed by atoms with Gasteiger partial charge in [0.1, 0.15) is 11.6 Å². The zero-order valence-corrected chi connectivity index (χ0v) is 11.1. The zero-order valence-electron chi connectivity index (χ0n) is 9.54. The van der Waals surface area contributed by atoms with Gasteiger partial charge < -0.3 is 5.32 Å². The summed E-state index contributed by atoms with van der Waals surface area (Å²) in [5, 5.41) is 1.08. The first-order valence-corrected chi connectivity index (χ1v) is 5.72. The van der Waals surface area contributed by atoms with E-state index in [2.05, 4.69) is 15.9 Å². The Balaban J connectivity index is 3.12. The summed E-state index contributed by atoms with van der Waals surface area (Å²) in [7, 11) is 0. The molecule has 1 aromatic carbocycles. The molecule has 0 radical (unpaired) electrons. The molecule has 0 fully saturated rings. The van der Waals surface area contributed by atoms with E-state index in [1.165, 1.54) is 0 Å². The van der Waals surface area contributed by atoms with Crippen molar-refractivity contribution in [3.05, 3.63) is 28.2 Å². The molecule has 0 saturated carbocycles. The first-order chi connectivity index (χ1) is 9.34. The maximum atomic E-state index is 13.3. The number of nitrogens with one attached hydrogen (secondary N) is 1. The Bertz CT molecular complexity index is 539. The van der Waals surface area contributed by atoms with Gasteiger partial charge in [-0.2, -0.15) is 26.3 Å². The molecule has 0 heterocycles. The van der Waals surface area contributed by atoms with Gasteiger partial charge in [0.15, 0.2) is 0 Å². The van der Waals surface area contributed by atoms with E-state index in [1.54, 1.807) is 0 Å². The molecule has 1 rings (SSSR count). The summed E-state index contributed by atoms with van der Waals surface area (Å²) in [5.41, 5.74) is -1.14. The molecule has 0 saturated heterocycles. The van der Waals surface area contributed by atoms with Gasteiger partial charge in [0, 0.05) is 6.07 Å². The molecule has 118 valence electrons. The van der Waals surface area contributed by atoms with Gasteiger partial charge in [-0.15, -0.1) is 0 Å².